The van der Waals surface area contributed by atoms with Gasteiger partial charge >= 0.3 is 0 Å². The van der Waals surface area contributed by atoms with Crippen molar-refractivity contribution in [3.63, 3.8) is 0 Å². The molecule has 0 spiro atoms. The van der Waals surface area contributed by atoms with E-state index in [1.807, 2.05) is 31.2 Å². The van der Waals surface area contributed by atoms with Crippen molar-refractivity contribution in [1.82, 2.24) is 0 Å². The number of nitrogens with one attached hydrogen (secondary N) is 1. The zero-order chi connectivity index (χ0) is 15.9. The Bertz CT molecular complexity index is 669. The minimum atomic E-state index is -0.698. The number of nitrogens with zero attached hydrogens (tertiary/aromatic N) is 1. The van der Waals surface area contributed by atoms with Gasteiger partial charge in [-0.05, 0) is 49.2 Å². The molecular weight excluding hydrogens is 300 g/mol. The summed E-state index contributed by atoms with van der Waals surface area (Å²) in [6, 6.07) is 14.7. The average molecular weight is 317 g/mol. The lowest BCUT2D eigenvalue weighted by molar-refractivity contribution is -0.126. The molecule has 114 valence electrons. The van der Waals surface area contributed by atoms with Gasteiger partial charge in [0.15, 0.2) is 0 Å². The van der Waals surface area contributed by atoms with Gasteiger partial charge in [0.25, 0.3) is 5.91 Å². The molecule has 2 aromatic rings. The number of oxime groups is 1. The number of benzene rings is 2. The molecule has 4 nitrogen and oxygen atoms in total. The molecule has 0 aliphatic rings. The second kappa shape index (κ2) is 7.61. The Kier molecular flexibility index (Phi) is 5.55. The standard InChI is InChI=1S/C17H17ClN2O2/c1-12-5-3-4-6-14(12)11-19-22-13(2)17(21)20-16-9-7-15(18)8-10-16/h3-11,13H,1-2H3,(H,20,21)/b19-11-/t13-/m0/s1. The third-order valence-corrected chi connectivity index (χ3v) is 3.33. The molecule has 0 aliphatic heterocycles. The third kappa shape index (κ3) is 4.60. The number of carbonyl (C=O) groups excluding carboxylic acids is 1. The number of halogens is 1. The fourth-order valence-corrected chi connectivity index (χ4v) is 1.86. The number of amides is 1. The van der Waals surface area contributed by atoms with Crippen molar-refractivity contribution in [2.24, 2.45) is 5.16 Å². The summed E-state index contributed by atoms with van der Waals surface area (Å²) >= 11 is 5.79. The molecule has 2 aromatic carbocycles. The van der Waals surface area contributed by atoms with Crippen LogP contribution in [0.5, 0.6) is 0 Å². The molecule has 0 bridgehead atoms. The summed E-state index contributed by atoms with van der Waals surface area (Å²) in [5.74, 6) is -0.274. The number of hydrogen-bond donors (Lipinski definition) is 1. The first-order chi connectivity index (χ1) is 10.6. The summed E-state index contributed by atoms with van der Waals surface area (Å²) in [6.07, 6.45) is 0.900. The average Bonchev–Trinajstić information content (AvgIpc) is 2.51. The molecule has 0 saturated heterocycles. The minimum absolute atomic E-state index is 0.274. The molecule has 5 heteroatoms. The molecule has 0 saturated carbocycles. The van der Waals surface area contributed by atoms with Crippen molar-refractivity contribution in [2.75, 3.05) is 5.32 Å². The van der Waals surface area contributed by atoms with E-state index in [1.165, 1.54) is 0 Å². The number of hydrogen-bond acceptors (Lipinski definition) is 3. The SMILES string of the molecule is Cc1ccccc1/C=N\O[C@@H](C)C(=O)Nc1ccc(Cl)cc1. The van der Waals surface area contributed by atoms with Crippen LogP contribution in [-0.2, 0) is 9.63 Å². The maximum absolute atomic E-state index is 12.0. The van der Waals surface area contributed by atoms with Crippen LogP contribution < -0.4 is 5.32 Å². The molecular formula is C17H17ClN2O2. The molecule has 2 rings (SSSR count). The molecule has 0 aliphatic carbocycles. The van der Waals surface area contributed by atoms with E-state index in [0.29, 0.717) is 10.7 Å². The van der Waals surface area contributed by atoms with Gasteiger partial charge in [-0.3, -0.25) is 4.79 Å². The summed E-state index contributed by atoms with van der Waals surface area (Å²) in [5.41, 5.74) is 2.70. The second-order valence-electron chi connectivity index (χ2n) is 4.83. The van der Waals surface area contributed by atoms with Gasteiger partial charge in [0.1, 0.15) is 0 Å². The lowest BCUT2D eigenvalue weighted by Crippen LogP contribution is -2.26. The van der Waals surface area contributed by atoms with E-state index in [2.05, 4.69) is 10.5 Å². The van der Waals surface area contributed by atoms with Gasteiger partial charge in [0, 0.05) is 10.7 Å². The number of anilines is 1. The number of carbonyl (C=O) groups is 1. The molecule has 0 fully saturated rings. The Morgan fingerprint density at radius 1 is 1.23 bits per heavy atom. The first-order valence-corrected chi connectivity index (χ1v) is 7.25. The molecule has 1 N–H and O–H groups in total. The number of rotatable bonds is 5. The summed E-state index contributed by atoms with van der Waals surface area (Å²) in [7, 11) is 0. The van der Waals surface area contributed by atoms with Crippen molar-refractivity contribution in [1.29, 1.82) is 0 Å². The smallest absolute Gasteiger partial charge is 0.267 e. The quantitative estimate of drug-likeness (QED) is 0.669. The van der Waals surface area contributed by atoms with Gasteiger partial charge in [-0.25, -0.2) is 0 Å². The molecule has 0 aromatic heterocycles. The molecule has 22 heavy (non-hydrogen) atoms. The van der Waals surface area contributed by atoms with E-state index in [-0.39, 0.29) is 5.91 Å². The summed E-state index contributed by atoms with van der Waals surface area (Å²) in [6.45, 7) is 3.62. The monoisotopic (exact) mass is 316 g/mol. The Morgan fingerprint density at radius 2 is 1.91 bits per heavy atom. The van der Waals surface area contributed by atoms with Crippen LogP contribution in [0.4, 0.5) is 5.69 Å². The Hall–Kier alpha value is -2.33. The highest BCUT2D eigenvalue weighted by molar-refractivity contribution is 6.30. The molecule has 0 radical (unpaired) electrons. The summed E-state index contributed by atoms with van der Waals surface area (Å²) in [5, 5.41) is 7.22. The third-order valence-electron chi connectivity index (χ3n) is 3.08. The Labute approximate surface area is 134 Å². The van der Waals surface area contributed by atoms with E-state index in [4.69, 9.17) is 16.4 Å². The van der Waals surface area contributed by atoms with Crippen LogP contribution in [-0.4, -0.2) is 18.2 Å². The molecule has 0 unspecified atom stereocenters. The maximum Gasteiger partial charge on any atom is 0.267 e. The van der Waals surface area contributed by atoms with Gasteiger partial charge in [-0.15, -0.1) is 0 Å². The zero-order valence-corrected chi connectivity index (χ0v) is 13.2. The van der Waals surface area contributed by atoms with E-state index >= 15 is 0 Å². The first-order valence-electron chi connectivity index (χ1n) is 6.87. The minimum Gasteiger partial charge on any atom is -0.383 e. The second-order valence-corrected chi connectivity index (χ2v) is 5.27. The first kappa shape index (κ1) is 16.0. The van der Waals surface area contributed by atoms with Gasteiger partial charge < -0.3 is 10.2 Å². The van der Waals surface area contributed by atoms with Gasteiger partial charge in [0.05, 0.1) is 6.21 Å². The van der Waals surface area contributed by atoms with Crippen LogP contribution in [0.2, 0.25) is 5.02 Å². The normalized spacial score (nSPS) is 12.1. The summed E-state index contributed by atoms with van der Waals surface area (Å²) < 4.78 is 0. The van der Waals surface area contributed by atoms with Crippen molar-refractivity contribution in [2.45, 2.75) is 20.0 Å². The van der Waals surface area contributed by atoms with Crippen molar-refractivity contribution in [3.8, 4) is 0 Å². The fourth-order valence-electron chi connectivity index (χ4n) is 1.74. The lowest BCUT2D eigenvalue weighted by Gasteiger charge is -2.10. The Balaban J connectivity index is 1.89. The maximum atomic E-state index is 12.0. The topological polar surface area (TPSA) is 50.7 Å². The molecule has 0 heterocycles. The van der Waals surface area contributed by atoms with Crippen LogP contribution in [0.3, 0.4) is 0 Å². The van der Waals surface area contributed by atoms with Crippen LogP contribution in [0.15, 0.2) is 53.7 Å². The van der Waals surface area contributed by atoms with Gasteiger partial charge in [-0.1, -0.05) is 41.0 Å². The highest BCUT2D eigenvalue weighted by Gasteiger charge is 2.14. The summed E-state index contributed by atoms with van der Waals surface area (Å²) in [4.78, 5) is 17.2. The largest absolute Gasteiger partial charge is 0.383 e. The highest BCUT2D eigenvalue weighted by Crippen LogP contribution is 2.14. The zero-order valence-electron chi connectivity index (χ0n) is 12.4. The van der Waals surface area contributed by atoms with Gasteiger partial charge in [0.2, 0.25) is 6.10 Å². The lowest BCUT2D eigenvalue weighted by atomic mass is 10.1. The predicted octanol–water partition coefficient (Wildman–Crippen LogP) is 4.03. The van der Waals surface area contributed by atoms with Crippen molar-refractivity contribution in [3.05, 3.63) is 64.7 Å². The Morgan fingerprint density at radius 3 is 2.59 bits per heavy atom. The van der Waals surface area contributed by atoms with E-state index < -0.39 is 6.10 Å². The molecule has 1 atom stereocenters. The number of aryl methyl sites for hydroxylation is 1. The van der Waals surface area contributed by atoms with Crippen LogP contribution in [0, 0.1) is 6.92 Å². The van der Waals surface area contributed by atoms with E-state index in [9.17, 15) is 4.79 Å². The predicted molar refractivity (Wildman–Crippen MR) is 89.4 cm³/mol. The van der Waals surface area contributed by atoms with Crippen LogP contribution >= 0.6 is 11.6 Å². The van der Waals surface area contributed by atoms with Crippen LogP contribution in [0.1, 0.15) is 18.1 Å². The molecule has 1 amide bonds. The van der Waals surface area contributed by atoms with E-state index in [1.54, 1.807) is 37.4 Å². The fraction of sp³-hybridized carbons (Fsp3) is 0.176. The van der Waals surface area contributed by atoms with Gasteiger partial charge in [-0.2, -0.15) is 0 Å². The van der Waals surface area contributed by atoms with Crippen molar-refractivity contribution < 1.29 is 9.63 Å². The highest BCUT2D eigenvalue weighted by atomic mass is 35.5. The van der Waals surface area contributed by atoms with Crippen LogP contribution in [0.25, 0.3) is 0 Å². The van der Waals surface area contributed by atoms with E-state index in [0.717, 1.165) is 11.1 Å². The van der Waals surface area contributed by atoms with Crippen molar-refractivity contribution >= 4 is 29.4 Å².